The molecule has 7 nitrogen and oxygen atoms in total. The predicted octanol–water partition coefficient (Wildman–Crippen LogP) is 4.01. The average Bonchev–Trinajstić information content (AvgIpc) is 2.67. The molecule has 0 fully saturated rings. The third-order valence-corrected chi connectivity index (χ3v) is 4.89. The third-order valence-electron chi connectivity index (χ3n) is 3.89. The Morgan fingerprint density at radius 3 is 2.54 bits per heavy atom. The number of aryl methyl sites for hydroxylation is 1. The molecule has 2 aromatic carbocycles. The number of amides is 1. The molecule has 0 bridgehead atoms. The van der Waals surface area contributed by atoms with Crippen LogP contribution < -0.4 is 16.4 Å². The van der Waals surface area contributed by atoms with Gasteiger partial charge in [-0.3, -0.25) is 4.79 Å². The van der Waals surface area contributed by atoms with E-state index in [9.17, 15) is 4.79 Å². The minimum atomic E-state index is -0.0919. The normalized spacial score (nSPS) is 10.5. The highest BCUT2D eigenvalue weighted by Crippen LogP contribution is 2.24. The zero-order valence-electron chi connectivity index (χ0n) is 15.8. The molecule has 0 aliphatic heterocycles. The molecule has 0 radical (unpaired) electrons. The van der Waals surface area contributed by atoms with Crippen LogP contribution in [0.2, 0.25) is 0 Å². The number of benzene rings is 2. The van der Waals surface area contributed by atoms with Crippen LogP contribution in [0.15, 0.2) is 53.4 Å². The average molecular weight is 395 g/mol. The van der Waals surface area contributed by atoms with E-state index >= 15 is 0 Å². The standard InChI is InChI=1S/C20H22N6OS/c1-3-14-6-4-5-7-17(14)23-20-25-18(24-19(21)26-20)12-28-16-10-8-15(9-11-16)22-13(2)27/h4-11H,3,12H2,1-2H3,(H,22,27)(H3,21,23,24,25,26). The summed E-state index contributed by atoms with van der Waals surface area (Å²) in [6, 6.07) is 15.6. The number of anilines is 4. The molecule has 4 N–H and O–H groups in total. The summed E-state index contributed by atoms with van der Waals surface area (Å²) < 4.78 is 0. The number of nitrogen functional groups attached to an aromatic ring is 1. The second kappa shape index (κ2) is 9.18. The van der Waals surface area contributed by atoms with E-state index in [4.69, 9.17) is 5.73 Å². The number of thioether (sulfide) groups is 1. The van der Waals surface area contributed by atoms with Crippen molar-refractivity contribution in [2.45, 2.75) is 30.9 Å². The second-order valence-corrected chi connectivity index (χ2v) is 7.11. The molecule has 0 saturated heterocycles. The molecule has 1 aromatic heterocycles. The number of hydrogen-bond acceptors (Lipinski definition) is 7. The van der Waals surface area contributed by atoms with Gasteiger partial charge in [-0.05, 0) is 42.3 Å². The Hall–Kier alpha value is -3.13. The summed E-state index contributed by atoms with van der Waals surface area (Å²) in [6.45, 7) is 3.58. The molecule has 1 heterocycles. The van der Waals surface area contributed by atoms with E-state index in [1.807, 2.05) is 42.5 Å². The fourth-order valence-electron chi connectivity index (χ4n) is 2.62. The summed E-state index contributed by atoms with van der Waals surface area (Å²) in [5.74, 6) is 1.68. The number of para-hydroxylation sites is 1. The molecule has 1 amide bonds. The van der Waals surface area contributed by atoms with E-state index in [1.54, 1.807) is 11.8 Å². The van der Waals surface area contributed by atoms with Gasteiger partial charge in [0.05, 0.1) is 5.75 Å². The molecule has 3 rings (SSSR count). The molecule has 3 aromatic rings. The number of nitrogens with two attached hydrogens (primary N) is 1. The summed E-state index contributed by atoms with van der Waals surface area (Å²) in [4.78, 5) is 25.0. The van der Waals surface area contributed by atoms with E-state index in [0.29, 0.717) is 17.5 Å². The highest BCUT2D eigenvalue weighted by atomic mass is 32.2. The van der Waals surface area contributed by atoms with Crippen molar-refractivity contribution < 1.29 is 4.79 Å². The fourth-order valence-corrected chi connectivity index (χ4v) is 3.37. The van der Waals surface area contributed by atoms with E-state index in [-0.39, 0.29) is 11.9 Å². The van der Waals surface area contributed by atoms with E-state index in [2.05, 4.69) is 38.6 Å². The van der Waals surface area contributed by atoms with Crippen molar-refractivity contribution in [2.75, 3.05) is 16.4 Å². The van der Waals surface area contributed by atoms with Crippen molar-refractivity contribution in [1.82, 2.24) is 15.0 Å². The van der Waals surface area contributed by atoms with Gasteiger partial charge in [0, 0.05) is 23.2 Å². The number of carbonyl (C=O) groups excluding carboxylic acids is 1. The maximum Gasteiger partial charge on any atom is 0.232 e. The van der Waals surface area contributed by atoms with Gasteiger partial charge in [-0.1, -0.05) is 25.1 Å². The van der Waals surface area contributed by atoms with Crippen molar-refractivity contribution in [3.8, 4) is 0 Å². The Morgan fingerprint density at radius 1 is 1.07 bits per heavy atom. The van der Waals surface area contributed by atoms with Gasteiger partial charge in [-0.15, -0.1) is 11.8 Å². The summed E-state index contributed by atoms with van der Waals surface area (Å²) in [7, 11) is 0. The zero-order valence-corrected chi connectivity index (χ0v) is 16.6. The first-order valence-corrected chi connectivity index (χ1v) is 9.88. The van der Waals surface area contributed by atoms with Crippen molar-refractivity contribution in [3.63, 3.8) is 0 Å². The number of hydrogen-bond donors (Lipinski definition) is 3. The summed E-state index contributed by atoms with van der Waals surface area (Å²) in [5.41, 5.74) is 8.77. The topological polar surface area (TPSA) is 106 Å². The number of rotatable bonds is 7. The second-order valence-electron chi connectivity index (χ2n) is 6.06. The molecule has 28 heavy (non-hydrogen) atoms. The Balaban J connectivity index is 1.68. The molecule has 144 valence electrons. The van der Waals surface area contributed by atoms with Crippen LogP contribution in [-0.4, -0.2) is 20.9 Å². The first-order chi connectivity index (χ1) is 13.5. The zero-order chi connectivity index (χ0) is 19.9. The summed E-state index contributed by atoms with van der Waals surface area (Å²) >= 11 is 1.58. The maximum atomic E-state index is 11.1. The van der Waals surface area contributed by atoms with Gasteiger partial charge in [-0.2, -0.15) is 15.0 Å². The van der Waals surface area contributed by atoms with Gasteiger partial charge in [0.2, 0.25) is 17.8 Å². The lowest BCUT2D eigenvalue weighted by molar-refractivity contribution is -0.114. The molecule has 8 heteroatoms. The SMILES string of the molecule is CCc1ccccc1Nc1nc(N)nc(CSc2ccc(NC(C)=O)cc2)n1. The Bertz CT molecular complexity index is 961. The third kappa shape index (κ3) is 5.43. The predicted molar refractivity (Wildman–Crippen MR) is 114 cm³/mol. The van der Waals surface area contributed by atoms with E-state index < -0.39 is 0 Å². The van der Waals surface area contributed by atoms with Gasteiger partial charge in [0.25, 0.3) is 0 Å². The Labute approximate surface area is 168 Å². The Morgan fingerprint density at radius 2 is 1.82 bits per heavy atom. The van der Waals surface area contributed by atoms with Gasteiger partial charge in [0.1, 0.15) is 5.82 Å². The van der Waals surface area contributed by atoms with Crippen LogP contribution in [0, 0.1) is 0 Å². The Kier molecular flexibility index (Phi) is 6.44. The minimum Gasteiger partial charge on any atom is -0.368 e. The van der Waals surface area contributed by atoms with Crippen molar-refractivity contribution in [3.05, 3.63) is 59.9 Å². The van der Waals surface area contributed by atoms with Crippen LogP contribution in [0.5, 0.6) is 0 Å². The summed E-state index contributed by atoms with van der Waals surface area (Å²) in [5, 5.41) is 5.98. The summed E-state index contributed by atoms with van der Waals surface area (Å²) in [6.07, 6.45) is 0.904. The molecule has 0 aliphatic rings. The van der Waals surface area contributed by atoms with Crippen LogP contribution >= 0.6 is 11.8 Å². The highest BCUT2D eigenvalue weighted by Gasteiger charge is 2.08. The maximum absolute atomic E-state index is 11.1. The number of aromatic nitrogens is 3. The molecule has 0 unspecified atom stereocenters. The smallest absolute Gasteiger partial charge is 0.232 e. The quantitative estimate of drug-likeness (QED) is 0.520. The first-order valence-electron chi connectivity index (χ1n) is 8.89. The van der Waals surface area contributed by atoms with Crippen LogP contribution in [-0.2, 0) is 17.0 Å². The van der Waals surface area contributed by atoms with Gasteiger partial charge in [0.15, 0.2) is 0 Å². The molecule has 0 saturated carbocycles. The van der Waals surface area contributed by atoms with Crippen molar-refractivity contribution >= 4 is 40.9 Å². The molecular formula is C20H22N6OS. The van der Waals surface area contributed by atoms with E-state index in [1.165, 1.54) is 12.5 Å². The van der Waals surface area contributed by atoms with Gasteiger partial charge < -0.3 is 16.4 Å². The fraction of sp³-hybridized carbons (Fsp3) is 0.200. The van der Waals surface area contributed by atoms with Gasteiger partial charge in [-0.25, -0.2) is 0 Å². The lowest BCUT2D eigenvalue weighted by Crippen LogP contribution is -2.07. The monoisotopic (exact) mass is 394 g/mol. The molecular weight excluding hydrogens is 372 g/mol. The van der Waals surface area contributed by atoms with Crippen molar-refractivity contribution in [1.29, 1.82) is 0 Å². The molecule has 0 spiro atoms. The minimum absolute atomic E-state index is 0.0919. The lowest BCUT2D eigenvalue weighted by atomic mass is 10.1. The lowest BCUT2D eigenvalue weighted by Gasteiger charge is -2.10. The largest absolute Gasteiger partial charge is 0.368 e. The van der Waals surface area contributed by atoms with Crippen molar-refractivity contribution in [2.24, 2.45) is 0 Å². The number of nitrogens with one attached hydrogen (secondary N) is 2. The van der Waals surface area contributed by atoms with E-state index in [0.717, 1.165) is 22.7 Å². The highest BCUT2D eigenvalue weighted by molar-refractivity contribution is 7.98. The van der Waals surface area contributed by atoms with Crippen LogP contribution in [0.3, 0.4) is 0 Å². The van der Waals surface area contributed by atoms with Crippen LogP contribution in [0.1, 0.15) is 25.2 Å². The van der Waals surface area contributed by atoms with Crippen LogP contribution in [0.25, 0.3) is 0 Å². The number of nitrogens with zero attached hydrogens (tertiary/aromatic N) is 3. The molecule has 0 atom stereocenters. The van der Waals surface area contributed by atoms with Crippen LogP contribution in [0.4, 0.5) is 23.3 Å². The number of carbonyl (C=O) groups is 1. The van der Waals surface area contributed by atoms with Gasteiger partial charge >= 0.3 is 0 Å². The first kappa shape index (κ1) is 19.6. The molecule has 0 aliphatic carbocycles.